The van der Waals surface area contributed by atoms with Crippen molar-refractivity contribution in [1.82, 2.24) is 4.90 Å². The van der Waals surface area contributed by atoms with Crippen LogP contribution in [0.1, 0.15) is 38.5 Å². The van der Waals surface area contributed by atoms with Gasteiger partial charge in [0.1, 0.15) is 6.04 Å². The summed E-state index contributed by atoms with van der Waals surface area (Å²) >= 11 is 0. The Labute approximate surface area is 97.6 Å². The lowest BCUT2D eigenvalue weighted by Crippen LogP contribution is -2.41. The number of aliphatic carboxylic acids is 1. The highest BCUT2D eigenvalue weighted by Crippen LogP contribution is 2.17. The Hall–Kier alpha value is -0.610. The first-order valence-electron chi connectivity index (χ1n) is 6.21. The number of nitrogens with zero attached hydrogens (tertiary/aromatic N) is 1. The monoisotopic (exact) mass is 229 g/mol. The maximum atomic E-state index is 11.1. The quantitative estimate of drug-likeness (QED) is 0.705. The minimum atomic E-state index is -0.659. The smallest absolute Gasteiger partial charge is 0.320 e. The highest BCUT2D eigenvalue weighted by Gasteiger charge is 2.26. The summed E-state index contributed by atoms with van der Waals surface area (Å²) in [6.45, 7) is 2.59. The fraction of sp³-hybridized carbons (Fsp3) is 0.917. The topological polar surface area (TPSA) is 49.8 Å². The van der Waals surface area contributed by atoms with E-state index in [1.165, 1.54) is 6.42 Å². The summed E-state index contributed by atoms with van der Waals surface area (Å²) in [7, 11) is 1.70. The lowest BCUT2D eigenvalue weighted by atomic mass is 10.1. The molecule has 0 aromatic rings. The third kappa shape index (κ3) is 4.49. The molecule has 0 radical (unpaired) electrons. The molecule has 4 heteroatoms. The Kier molecular flexibility index (Phi) is 6.42. The van der Waals surface area contributed by atoms with Gasteiger partial charge >= 0.3 is 5.97 Å². The van der Waals surface area contributed by atoms with Gasteiger partial charge in [0.05, 0.1) is 0 Å². The van der Waals surface area contributed by atoms with Gasteiger partial charge in [0.2, 0.25) is 0 Å². The van der Waals surface area contributed by atoms with Crippen molar-refractivity contribution in [2.45, 2.75) is 44.6 Å². The van der Waals surface area contributed by atoms with Crippen LogP contribution >= 0.6 is 0 Å². The number of likely N-dealkylation sites (tertiary alicyclic amines) is 1. The largest absolute Gasteiger partial charge is 0.480 e. The molecule has 0 aliphatic carbocycles. The highest BCUT2D eigenvalue weighted by molar-refractivity contribution is 5.73. The van der Waals surface area contributed by atoms with Crippen molar-refractivity contribution in [3.8, 4) is 0 Å². The Bertz CT molecular complexity index is 208. The number of hydrogen-bond acceptors (Lipinski definition) is 3. The second-order valence-corrected chi connectivity index (χ2v) is 4.44. The fourth-order valence-electron chi connectivity index (χ4n) is 2.28. The minimum Gasteiger partial charge on any atom is -0.480 e. The summed E-state index contributed by atoms with van der Waals surface area (Å²) in [6.07, 6.45) is 6.19. The van der Waals surface area contributed by atoms with Crippen LogP contribution in [-0.2, 0) is 9.53 Å². The van der Waals surface area contributed by atoms with Crippen molar-refractivity contribution in [2.75, 3.05) is 26.8 Å². The van der Waals surface area contributed by atoms with E-state index >= 15 is 0 Å². The maximum absolute atomic E-state index is 11.1. The minimum absolute atomic E-state index is 0.259. The van der Waals surface area contributed by atoms with Gasteiger partial charge in [0, 0.05) is 13.7 Å². The molecular weight excluding hydrogens is 206 g/mol. The highest BCUT2D eigenvalue weighted by atomic mass is 16.5. The van der Waals surface area contributed by atoms with Gasteiger partial charge in [-0.15, -0.1) is 0 Å². The Balaban J connectivity index is 2.35. The van der Waals surface area contributed by atoms with Gasteiger partial charge in [-0.1, -0.05) is 12.8 Å². The van der Waals surface area contributed by atoms with Gasteiger partial charge in [-0.25, -0.2) is 0 Å². The van der Waals surface area contributed by atoms with Crippen LogP contribution in [0.2, 0.25) is 0 Å². The first kappa shape index (κ1) is 13.5. The molecule has 1 N–H and O–H groups in total. The predicted molar refractivity (Wildman–Crippen MR) is 62.6 cm³/mol. The normalized spacial score (nSPS) is 22.9. The molecule has 1 aliphatic rings. The van der Waals surface area contributed by atoms with E-state index in [2.05, 4.69) is 4.90 Å². The molecule has 16 heavy (non-hydrogen) atoms. The lowest BCUT2D eigenvalue weighted by Gasteiger charge is -2.26. The van der Waals surface area contributed by atoms with Gasteiger partial charge in [-0.3, -0.25) is 9.69 Å². The van der Waals surface area contributed by atoms with Crippen LogP contribution in [0.15, 0.2) is 0 Å². The number of carboxylic acids is 1. The molecule has 1 aliphatic heterocycles. The van der Waals surface area contributed by atoms with Gasteiger partial charge in [0.15, 0.2) is 0 Å². The number of hydrogen-bond donors (Lipinski definition) is 1. The maximum Gasteiger partial charge on any atom is 0.320 e. The van der Waals surface area contributed by atoms with Crippen molar-refractivity contribution in [3.63, 3.8) is 0 Å². The first-order valence-corrected chi connectivity index (χ1v) is 6.21. The molecule has 0 saturated carbocycles. The fourth-order valence-corrected chi connectivity index (χ4v) is 2.28. The molecule has 1 saturated heterocycles. The zero-order chi connectivity index (χ0) is 11.8. The van der Waals surface area contributed by atoms with E-state index in [1.54, 1.807) is 7.11 Å². The number of carboxylic acid groups (broad SMARTS) is 1. The van der Waals surface area contributed by atoms with E-state index in [4.69, 9.17) is 4.74 Å². The van der Waals surface area contributed by atoms with Gasteiger partial charge < -0.3 is 9.84 Å². The number of ether oxygens (including phenoxy) is 1. The van der Waals surface area contributed by atoms with Gasteiger partial charge in [-0.05, 0) is 38.8 Å². The van der Waals surface area contributed by atoms with Gasteiger partial charge in [0.25, 0.3) is 0 Å². The lowest BCUT2D eigenvalue weighted by molar-refractivity contribution is -0.143. The molecule has 0 aromatic heterocycles. The zero-order valence-electron chi connectivity index (χ0n) is 10.2. The summed E-state index contributed by atoms with van der Waals surface area (Å²) in [5, 5.41) is 9.17. The SMILES string of the molecule is COCCCCN1CCCCCC1C(=O)O. The summed E-state index contributed by atoms with van der Waals surface area (Å²) in [4.78, 5) is 13.3. The Morgan fingerprint density at radius 3 is 2.88 bits per heavy atom. The van der Waals surface area contributed by atoms with Crippen LogP contribution in [-0.4, -0.2) is 48.8 Å². The average molecular weight is 229 g/mol. The summed E-state index contributed by atoms with van der Waals surface area (Å²) < 4.78 is 5.00. The number of methoxy groups -OCH3 is 1. The van der Waals surface area contributed by atoms with Gasteiger partial charge in [-0.2, -0.15) is 0 Å². The van der Waals surface area contributed by atoms with Crippen LogP contribution in [0.25, 0.3) is 0 Å². The predicted octanol–water partition coefficient (Wildman–Crippen LogP) is 1.74. The molecule has 1 fully saturated rings. The first-order chi connectivity index (χ1) is 7.75. The summed E-state index contributed by atoms with van der Waals surface area (Å²) in [6, 6.07) is -0.259. The molecule has 0 spiro atoms. The van der Waals surface area contributed by atoms with Crippen molar-refractivity contribution in [3.05, 3.63) is 0 Å². The number of rotatable bonds is 6. The summed E-state index contributed by atoms with van der Waals surface area (Å²) in [5.74, 6) is -0.659. The van der Waals surface area contributed by atoms with E-state index in [-0.39, 0.29) is 6.04 Å². The van der Waals surface area contributed by atoms with Crippen LogP contribution in [0, 0.1) is 0 Å². The van der Waals surface area contributed by atoms with Crippen molar-refractivity contribution >= 4 is 5.97 Å². The molecule has 0 bridgehead atoms. The van der Waals surface area contributed by atoms with E-state index in [0.29, 0.717) is 0 Å². The molecular formula is C12H23NO3. The molecule has 1 rings (SSSR count). The second kappa shape index (κ2) is 7.63. The third-order valence-electron chi connectivity index (χ3n) is 3.19. The zero-order valence-corrected chi connectivity index (χ0v) is 10.2. The second-order valence-electron chi connectivity index (χ2n) is 4.44. The molecule has 0 aromatic carbocycles. The van der Waals surface area contributed by atoms with Crippen molar-refractivity contribution in [1.29, 1.82) is 0 Å². The number of unbranched alkanes of at least 4 members (excludes halogenated alkanes) is 1. The Morgan fingerprint density at radius 2 is 2.19 bits per heavy atom. The van der Waals surface area contributed by atoms with E-state index < -0.39 is 5.97 Å². The molecule has 1 atom stereocenters. The van der Waals surface area contributed by atoms with Crippen LogP contribution in [0.3, 0.4) is 0 Å². The van der Waals surface area contributed by atoms with Crippen molar-refractivity contribution < 1.29 is 14.6 Å². The summed E-state index contributed by atoms with van der Waals surface area (Å²) in [5.41, 5.74) is 0. The van der Waals surface area contributed by atoms with Crippen LogP contribution < -0.4 is 0 Å². The third-order valence-corrected chi connectivity index (χ3v) is 3.19. The Morgan fingerprint density at radius 1 is 1.38 bits per heavy atom. The van der Waals surface area contributed by atoms with E-state index in [9.17, 15) is 9.90 Å². The molecule has 94 valence electrons. The van der Waals surface area contributed by atoms with Crippen molar-refractivity contribution in [2.24, 2.45) is 0 Å². The molecule has 0 amide bonds. The molecule has 1 heterocycles. The van der Waals surface area contributed by atoms with E-state index in [0.717, 1.165) is 51.8 Å². The number of carbonyl (C=O) groups is 1. The van der Waals surface area contributed by atoms with Crippen LogP contribution in [0.5, 0.6) is 0 Å². The molecule has 1 unspecified atom stereocenters. The standard InChI is InChI=1S/C12H23NO3/c1-16-10-6-5-9-13-8-4-2-3-7-11(13)12(14)15/h11H,2-10H2,1H3,(H,14,15). The van der Waals surface area contributed by atoms with E-state index in [1.807, 2.05) is 0 Å². The van der Waals surface area contributed by atoms with Crippen LogP contribution in [0.4, 0.5) is 0 Å². The average Bonchev–Trinajstić information content (AvgIpc) is 2.49. The molecule has 4 nitrogen and oxygen atoms in total.